The van der Waals surface area contributed by atoms with Gasteiger partial charge in [-0.1, -0.05) is 0 Å². The first kappa shape index (κ1) is 16.1. The van der Waals surface area contributed by atoms with Gasteiger partial charge in [-0.15, -0.1) is 0 Å². The molecule has 0 radical (unpaired) electrons. The van der Waals surface area contributed by atoms with Gasteiger partial charge in [-0.2, -0.15) is 0 Å². The zero-order chi connectivity index (χ0) is 17.1. The Balaban J connectivity index is 1.37. The molecule has 2 aliphatic rings. The Labute approximate surface area is 147 Å². The Kier molecular flexibility index (Phi) is 4.63. The van der Waals surface area contributed by atoms with E-state index in [0.29, 0.717) is 24.3 Å². The van der Waals surface area contributed by atoms with Crippen molar-refractivity contribution in [2.45, 2.75) is 38.3 Å². The number of carbonyl (C=O) groups is 1. The SMILES string of the molecule is O=C1CC[C@@H]2CN(c3cnccn3)CC[C@@H]2N1CCCn1ccnc1. The van der Waals surface area contributed by atoms with Crippen molar-refractivity contribution in [1.29, 1.82) is 0 Å². The molecule has 0 unspecified atom stereocenters. The molecule has 7 nitrogen and oxygen atoms in total. The molecule has 2 aliphatic heterocycles. The second kappa shape index (κ2) is 7.21. The van der Waals surface area contributed by atoms with Crippen LogP contribution in [0, 0.1) is 5.92 Å². The maximum absolute atomic E-state index is 12.5. The average Bonchev–Trinajstić information content (AvgIpc) is 3.17. The van der Waals surface area contributed by atoms with Crippen LogP contribution < -0.4 is 4.90 Å². The van der Waals surface area contributed by atoms with Crippen molar-refractivity contribution in [3.8, 4) is 0 Å². The first-order chi connectivity index (χ1) is 12.3. The molecule has 0 bridgehead atoms. The molecule has 0 N–H and O–H groups in total. The molecular weight excluding hydrogens is 316 g/mol. The topological polar surface area (TPSA) is 67.2 Å². The van der Waals surface area contributed by atoms with E-state index in [-0.39, 0.29) is 0 Å². The van der Waals surface area contributed by atoms with E-state index in [1.165, 1.54) is 0 Å². The number of fused-ring (bicyclic) bond motifs is 1. The molecule has 7 heteroatoms. The Hall–Kier alpha value is -2.44. The summed E-state index contributed by atoms with van der Waals surface area (Å²) >= 11 is 0. The monoisotopic (exact) mass is 340 g/mol. The predicted molar refractivity (Wildman–Crippen MR) is 93.9 cm³/mol. The second-order valence-corrected chi connectivity index (χ2v) is 6.91. The van der Waals surface area contributed by atoms with Gasteiger partial charge in [-0.3, -0.25) is 9.78 Å². The lowest BCUT2D eigenvalue weighted by Gasteiger charge is -2.47. The van der Waals surface area contributed by atoms with E-state index in [4.69, 9.17) is 0 Å². The molecule has 2 aromatic rings. The summed E-state index contributed by atoms with van der Waals surface area (Å²) in [7, 11) is 0. The largest absolute Gasteiger partial charge is 0.355 e. The van der Waals surface area contributed by atoms with Crippen LogP contribution >= 0.6 is 0 Å². The fourth-order valence-corrected chi connectivity index (χ4v) is 4.15. The Morgan fingerprint density at radius 2 is 2.08 bits per heavy atom. The normalized spacial score (nSPS) is 23.6. The van der Waals surface area contributed by atoms with Crippen LogP contribution in [0.2, 0.25) is 0 Å². The molecule has 2 saturated heterocycles. The molecule has 1 amide bonds. The molecular formula is C18H24N6O. The number of aromatic nitrogens is 4. The number of hydrogen-bond acceptors (Lipinski definition) is 5. The van der Waals surface area contributed by atoms with Crippen LogP contribution in [0.4, 0.5) is 5.82 Å². The number of imidazole rings is 1. The molecule has 2 aromatic heterocycles. The number of amides is 1. The lowest BCUT2D eigenvalue weighted by molar-refractivity contribution is -0.139. The van der Waals surface area contributed by atoms with E-state index in [1.807, 2.05) is 18.7 Å². The first-order valence-electron chi connectivity index (χ1n) is 9.07. The van der Waals surface area contributed by atoms with Gasteiger partial charge in [0.05, 0.1) is 12.5 Å². The smallest absolute Gasteiger partial charge is 0.222 e. The number of aryl methyl sites for hydroxylation is 1. The van der Waals surface area contributed by atoms with Crippen molar-refractivity contribution < 1.29 is 4.79 Å². The van der Waals surface area contributed by atoms with E-state index < -0.39 is 0 Å². The van der Waals surface area contributed by atoms with E-state index in [0.717, 1.165) is 51.3 Å². The third-order valence-corrected chi connectivity index (χ3v) is 5.39. The molecule has 25 heavy (non-hydrogen) atoms. The van der Waals surface area contributed by atoms with Crippen LogP contribution in [0.1, 0.15) is 25.7 Å². The first-order valence-corrected chi connectivity index (χ1v) is 9.07. The van der Waals surface area contributed by atoms with Crippen LogP contribution in [-0.2, 0) is 11.3 Å². The third-order valence-electron chi connectivity index (χ3n) is 5.39. The highest BCUT2D eigenvalue weighted by Crippen LogP contribution is 2.32. The van der Waals surface area contributed by atoms with Crippen molar-refractivity contribution in [1.82, 2.24) is 24.4 Å². The summed E-state index contributed by atoms with van der Waals surface area (Å²) in [6.45, 7) is 3.65. The number of anilines is 1. The van der Waals surface area contributed by atoms with Crippen LogP contribution in [0.5, 0.6) is 0 Å². The molecule has 0 saturated carbocycles. The number of nitrogens with zero attached hydrogens (tertiary/aromatic N) is 6. The van der Waals surface area contributed by atoms with Crippen molar-refractivity contribution in [2.75, 3.05) is 24.5 Å². The van der Waals surface area contributed by atoms with Gasteiger partial charge in [-0.25, -0.2) is 9.97 Å². The van der Waals surface area contributed by atoms with Crippen LogP contribution in [0.3, 0.4) is 0 Å². The molecule has 132 valence electrons. The van der Waals surface area contributed by atoms with Crippen molar-refractivity contribution in [2.24, 2.45) is 5.92 Å². The van der Waals surface area contributed by atoms with Gasteiger partial charge in [0.25, 0.3) is 0 Å². The number of piperidine rings is 2. The van der Waals surface area contributed by atoms with Crippen molar-refractivity contribution >= 4 is 11.7 Å². The quantitative estimate of drug-likeness (QED) is 0.827. The van der Waals surface area contributed by atoms with Crippen molar-refractivity contribution in [3.05, 3.63) is 37.3 Å². The van der Waals surface area contributed by atoms with E-state index >= 15 is 0 Å². The summed E-state index contributed by atoms with van der Waals surface area (Å²) in [6, 6.07) is 0.372. The molecule has 4 rings (SSSR count). The Morgan fingerprint density at radius 3 is 2.88 bits per heavy atom. The molecule has 0 spiro atoms. The summed E-state index contributed by atoms with van der Waals surface area (Å²) in [5.74, 6) is 1.80. The molecule has 4 heterocycles. The summed E-state index contributed by atoms with van der Waals surface area (Å²) in [5, 5.41) is 0. The standard InChI is InChI=1S/C18H24N6O/c25-18-3-2-15-13-23(17-12-19-5-6-21-17)10-4-16(15)24(18)9-1-8-22-11-7-20-14-22/h5-7,11-12,14-16H,1-4,8-10,13H2/t15-,16+/m1/s1. The lowest BCUT2D eigenvalue weighted by atomic mass is 9.83. The maximum atomic E-state index is 12.5. The number of rotatable bonds is 5. The highest BCUT2D eigenvalue weighted by atomic mass is 16.2. The second-order valence-electron chi connectivity index (χ2n) is 6.91. The maximum Gasteiger partial charge on any atom is 0.222 e. The van der Waals surface area contributed by atoms with Gasteiger partial charge < -0.3 is 14.4 Å². The van der Waals surface area contributed by atoms with E-state index in [1.54, 1.807) is 18.6 Å². The third kappa shape index (κ3) is 3.50. The van der Waals surface area contributed by atoms with Gasteiger partial charge in [0.1, 0.15) is 5.82 Å². The van der Waals surface area contributed by atoms with Crippen LogP contribution in [0.15, 0.2) is 37.3 Å². The zero-order valence-electron chi connectivity index (χ0n) is 14.4. The van der Waals surface area contributed by atoms with Gasteiger partial charge in [-0.05, 0) is 25.2 Å². The highest BCUT2D eigenvalue weighted by Gasteiger charge is 2.39. The number of carbonyl (C=O) groups excluding carboxylic acids is 1. The minimum absolute atomic E-state index is 0.319. The predicted octanol–water partition coefficient (Wildman–Crippen LogP) is 1.58. The van der Waals surface area contributed by atoms with E-state index in [2.05, 4.69) is 29.3 Å². The van der Waals surface area contributed by atoms with Gasteiger partial charge in [0.15, 0.2) is 0 Å². The minimum Gasteiger partial charge on any atom is -0.355 e. The lowest BCUT2D eigenvalue weighted by Crippen LogP contribution is -2.56. The van der Waals surface area contributed by atoms with Gasteiger partial charge in [0, 0.05) is 63.4 Å². The van der Waals surface area contributed by atoms with Gasteiger partial charge in [0.2, 0.25) is 5.91 Å². The molecule has 2 atom stereocenters. The number of hydrogen-bond donors (Lipinski definition) is 0. The minimum atomic E-state index is 0.319. The molecule has 0 aromatic carbocycles. The van der Waals surface area contributed by atoms with Crippen molar-refractivity contribution in [3.63, 3.8) is 0 Å². The fraction of sp³-hybridized carbons (Fsp3) is 0.556. The fourth-order valence-electron chi connectivity index (χ4n) is 4.15. The summed E-state index contributed by atoms with van der Waals surface area (Å²) in [4.78, 5) is 29.6. The molecule has 0 aliphatic carbocycles. The average molecular weight is 340 g/mol. The molecule has 2 fully saturated rings. The number of likely N-dealkylation sites (tertiary alicyclic amines) is 1. The Morgan fingerprint density at radius 1 is 1.12 bits per heavy atom. The summed E-state index contributed by atoms with van der Waals surface area (Å²) in [6.07, 6.45) is 14.5. The highest BCUT2D eigenvalue weighted by molar-refractivity contribution is 5.77. The Bertz CT molecular complexity index is 689. The van der Waals surface area contributed by atoms with Crippen LogP contribution in [-0.4, -0.2) is 56.0 Å². The van der Waals surface area contributed by atoms with E-state index in [9.17, 15) is 4.79 Å². The summed E-state index contributed by atoms with van der Waals surface area (Å²) < 4.78 is 2.07. The summed E-state index contributed by atoms with van der Waals surface area (Å²) in [5.41, 5.74) is 0. The zero-order valence-corrected chi connectivity index (χ0v) is 14.4. The van der Waals surface area contributed by atoms with Crippen LogP contribution in [0.25, 0.3) is 0 Å². The van der Waals surface area contributed by atoms with Gasteiger partial charge >= 0.3 is 0 Å².